The maximum Gasteiger partial charge on any atom is 0.466 e. The number of sulfonamides is 1. The van der Waals surface area contributed by atoms with Gasteiger partial charge in [-0.15, -0.1) is 0 Å². The molecule has 0 aromatic carbocycles. The maximum absolute atomic E-state index is 11.0. The predicted molar refractivity (Wildman–Crippen MR) is 146 cm³/mol. The summed E-state index contributed by atoms with van der Waals surface area (Å²) in [6.45, 7) is 2.79. The zero-order valence-electron chi connectivity index (χ0n) is 21.9. The highest BCUT2D eigenvalue weighted by atomic mass is 32.2. The van der Waals surface area contributed by atoms with Gasteiger partial charge < -0.3 is 24.5 Å². The van der Waals surface area contributed by atoms with E-state index >= 15 is 0 Å². The molecule has 0 aliphatic rings. The van der Waals surface area contributed by atoms with Crippen molar-refractivity contribution in [1.29, 1.82) is 0 Å². The van der Waals surface area contributed by atoms with Crippen molar-refractivity contribution in [2.45, 2.75) is 109 Å². The van der Waals surface area contributed by atoms with E-state index in [4.69, 9.17) is 24.0 Å². The summed E-state index contributed by atoms with van der Waals surface area (Å²) in [5, 5.41) is 9.34. The van der Waals surface area contributed by atoms with E-state index in [1.54, 1.807) is 0 Å². The van der Waals surface area contributed by atoms with Gasteiger partial charge in [0.2, 0.25) is 10.0 Å². The van der Waals surface area contributed by atoms with Gasteiger partial charge in [-0.1, -0.05) is 96.8 Å². The van der Waals surface area contributed by atoms with Crippen molar-refractivity contribution in [2.24, 2.45) is 0 Å². The molecule has 1 atom stereocenters. The van der Waals surface area contributed by atoms with Crippen LogP contribution in [-0.2, 0) is 19.3 Å². The fraction of sp³-hybridized carbons (Fsp3) is 1.00. The number of nitrogens with one attached hydrogen (secondary N) is 1. The van der Waals surface area contributed by atoms with Gasteiger partial charge in [0.25, 0.3) is 0 Å². The summed E-state index contributed by atoms with van der Waals surface area (Å²) in [7, 11) is -7.81. The average molecular weight is 566 g/mol. The first-order valence-corrected chi connectivity index (χ1v) is 17.6. The van der Waals surface area contributed by atoms with E-state index in [1.807, 2.05) is 11.8 Å². The minimum absolute atomic E-state index is 0.0231. The molecule has 35 heavy (non-hydrogen) atoms. The van der Waals surface area contributed by atoms with E-state index in [9.17, 15) is 13.5 Å². The number of thioether (sulfide) groups is 1. The summed E-state index contributed by atoms with van der Waals surface area (Å²) in [6.07, 6.45) is 21.6. The Morgan fingerprint density at radius 2 is 1.23 bits per heavy atom. The second-order valence-electron chi connectivity index (χ2n) is 8.88. The van der Waals surface area contributed by atoms with E-state index in [0.29, 0.717) is 0 Å². The highest BCUT2D eigenvalue weighted by molar-refractivity contribution is 7.99. The van der Waals surface area contributed by atoms with Gasteiger partial charge in [0, 0.05) is 12.3 Å². The van der Waals surface area contributed by atoms with Crippen LogP contribution in [0.25, 0.3) is 0 Å². The molecular weight excluding hydrogens is 513 g/mol. The molecule has 0 heterocycles. The molecule has 0 aromatic heterocycles. The van der Waals surface area contributed by atoms with Gasteiger partial charge in [-0.25, -0.2) is 17.7 Å². The van der Waals surface area contributed by atoms with Gasteiger partial charge in [0.05, 0.1) is 25.6 Å². The normalized spacial score (nSPS) is 12.9. The zero-order valence-corrected chi connectivity index (χ0v) is 24.4. The van der Waals surface area contributed by atoms with E-state index < -0.39 is 17.8 Å². The van der Waals surface area contributed by atoms with Crippen molar-refractivity contribution in [1.82, 2.24) is 4.72 Å². The van der Waals surface area contributed by atoms with Crippen LogP contribution in [0.3, 0.4) is 0 Å². The van der Waals surface area contributed by atoms with Crippen LogP contribution < -0.4 is 4.72 Å². The molecule has 0 radical (unpaired) electrons. The summed E-state index contributed by atoms with van der Waals surface area (Å²) in [4.78, 5) is 21.6. The first kappa shape index (κ1) is 37.4. The molecule has 214 valence electrons. The number of phosphoric acid groups is 1. The van der Waals surface area contributed by atoms with Crippen LogP contribution in [0.1, 0.15) is 103 Å². The summed E-state index contributed by atoms with van der Waals surface area (Å²) in [5.74, 6) is 1.85. The molecule has 0 fully saturated rings. The highest BCUT2D eigenvalue weighted by Gasteiger charge is 2.08. The molecule has 5 N–H and O–H groups in total. The summed E-state index contributed by atoms with van der Waals surface area (Å²) >= 11 is 1.81. The number of aliphatic hydroxyl groups excluding tert-OH is 1. The van der Waals surface area contributed by atoms with Crippen molar-refractivity contribution in [2.75, 3.05) is 37.5 Å². The molecule has 9 nitrogen and oxygen atoms in total. The average Bonchev–Trinajstić information content (AvgIpc) is 2.75. The van der Waals surface area contributed by atoms with Crippen molar-refractivity contribution < 1.29 is 37.5 Å². The van der Waals surface area contributed by atoms with Gasteiger partial charge in [0.15, 0.2) is 0 Å². The number of hydrogen-bond donors (Lipinski definition) is 5. The molecule has 0 rings (SSSR count). The molecule has 0 amide bonds. The molecular formula is C23H52NO8PS2. The van der Waals surface area contributed by atoms with Crippen LogP contribution >= 0.6 is 19.6 Å². The molecule has 0 bridgehead atoms. The van der Waals surface area contributed by atoms with E-state index in [-0.39, 0.29) is 25.9 Å². The van der Waals surface area contributed by atoms with E-state index in [0.717, 1.165) is 17.8 Å². The van der Waals surface area contributed by atoms with Crippen molar-refractivity contribution >= 4 is 29.6 Å². The Kier molecular flexibility index (Phi) is 27.7. The first-order valence-electron chi connectivity index (χ1n) is 13.0. The molecule has 12 heteroatoms. The maximum atomic E-state index is 11.0. The van der Waals surface area contributed by atoms with Crippen LogP contribution in [0.4, 0.5) is 0 Å². The molecule has 0 saturated heterocycles. The smallest absolute Gasteiger partial charge is 0.394 e. The second kappa shape index (κ2) is 25.9. The molecule has 0 aliphatic carbocycles. The molecule has 0 spiro atoms. The van der Waals surface area contributed by atoms with E-state index in [1.165, 1.54) is 96.3 Å². The lowest BCUT2D eigenvalue weighted by Crippen LogP contribution is -2.29. The Hall–Kier alpha value is 0.290. The Labute approximate surface area is 218 Å². The monoisotopic (exact) mass is 565 g/mol. The minimum atomic E-state index is -4.64. The number of rotatable bonds is 24. The fourth-order valence-corrected chi connectivity index (χ4v) is 4.89. The minimum Gasteiger partial charge on any atom is -0.394 e. The zero-order chi connectivity index (χ0) is 26.8. The molecule has 0 aromatic rings. The fourth-order valence-electron chi connectivity index (χ4n) is 3.40. The number of hydrogen-bond acceptors (Lipinski definition) is 6. The summed E-state index contributed by atoms with van der Waals surface area (Å²) in [6, 6.07) is 0. The Morgan fingerprint density at radius 3 is 1.60 bits per heavy atom. The van der Waals surface area contributed by atoms with Crippen molar-refractivity contribution in [3.63, 3.8) is 0 Å². The SMILES string of the molecule is CCCCCCCCCCCCCCCCCSCC(CO)OCCNS(C)(=O)=O.O=P(O)(O)O. The molecule has 0 saturated carbocycles. The lowest BCUT2D eigenvalue weighted by molar-refractivity contribution is 0.0313. The van der Waals surface area contributed by atoms with Crippen LogP contribution in [0.5, 0.6) is 0 Å². The highest BCUT2D eigenvalue weighted by Crippen LogP contribution is 2.25. The predicted octanol–water partition coefficient (Wildman–Crippen LogP) is 4.59. The van der Waals surface area contributed by atoms with Crippen LogP contribution in [-0.4, -0.2) is 71.8 Å². The van der Waals surface area contributed by atoms with Crippen molar-refractivity contribution in [3.05, 3.63) is 0 Å². The van der Waals surface area contributed by atoms with Gasteiger partial charge in [0.1, 0.15) is 0 Å². The van der Waals surface area contributed by atoms with Gasteiger partial charge in [-0.2, -0.15) is 11.8 Å². The number of ether oxygens (including phenoxy) is 1. The third kappa shape index (κ3) is 41.7. The van der Waals surface area contributed by atoms with E-state index in [2.05, 4.69) is 11.6 Å². The van der Waals surface area contributed by atoms with Crippen LogP contribution in [0, 0.1) is 0 Å². The topological polar surface area (TPSA) is 153 Å². The molecule has 0 aliphatic heterocycles. The quantitative estimate of drug-likeness (QED) is 0.0835. The number of unbranched alkanes of at least 4 members (excludes halogenated alkanes) is 14. The summed E-state index contributed by atoms with van der Waals surface area (Å²) in [5.41, 5.74) is 0. The van der Waals surface area contributed by atoms with Gasteiger partial charge in [-0.3, -0.25) is 0 Å². The van der Waals surface area contributed by atoms with Gasteiger partial charge in [-0.05, 0) is 12.2 Å². The van der Waals surface area contributed by atoms with Crippen LogP contribution in [0.15, 0.2) is 0 Å². The Morgan fingerprint density at radius 1 is 0.829 bits per heavy atom. The molecule has 1 unspecified atom stereocenters. The number of aliphatic hydroxyl groups is 1. The second-order valence-corrected chi connectivity index (χ2v) is 12.9. The third-order valence-corrected chi connectivity index (χ3v) is 7.13. The first-order chi connectivity index (χ1) is 16.5. The Balaban J connectivity index is 0. The van der Waals surface area contributed by atoms with Crippen LogP contribution in [0.2, 0.25) is 0 Å². The largest absolute Gasteiger partial charge is 0.466 e. The Bertz CT molecular complexity index is 582. The lowest BCUT2D eigenvalue weighted by Gasteiger charge is -2.15. The third-order valence-electron chi connectivity index (χ3n) is 5.22. The standard InChI is InChI=1S/C23H49NO4S2.H3O4P/c1-3-4-5-6-7-8-9-10-11-12-13-14-15-16-17-20-29-22-23(21-25)28-19-18-24-30(2,26)27;1-5(2,3)4/h23-25H,3-22H2,1-2H3;(H3,1,2,3,4). The summed E-state index contributed by atoms with van der Waals surface area (Å²) < 4.78 is 38.7. The lowest BCUT2D eigenvalue weighted by atomic mass is 10.0. The van der Waals surface area contributed by atoms with Gasteiger partial charge >= 0.3 is 7.82 Å². The van der Waals surface area contributed by atoms with Crippen molar-refractivity contribution in [3.8, 4) is 0 Å².